The van der Waals surface area contributed by atoms with Crippen molar-refractivity contribution in [3.63, 3.8) is 0 Å². The highest BCUT2D eigenvalue weighted by Gasteiger charge is 2.22. The first-order valence-electron chi connectivity index (χ1n) is 8.39. The molecular formula is C19H20ClN3O3S. The van der Waals surface area contributed by atoms with Crippen molar-refractivity contribution in [2.24, 2.45) is 0 Å². The van der Waals surface area contributed by atoms with E-state index in [0.29, 0.717) is 23.2 Å². The van der Waals surface area contributed by atoms with Crippen molar-refractivity contribution in [2.75, 3.05) is 13.6 Å². The lowest BCUT2D eigenvalue weighted by Gasteiger charge is -2.17. The normalized spacial score (nSPS) is 11.9. The largest absolute Gasteiger partial charge is 0.334 e. The molecule has 2 aromatic carbocycles. The molecule has 0 aliphatic heterocycles. The third-order valence-electron chi connectivity index (χ3n) is 4.11. The van der Waals surface area contributed by atoms with Crippen LogP contribution >= 0.6 is 11.6 Å². The van der Waals surface area contributed by atoms with Gasteiger partial charge in [-0.25, -0.2) is 12.7 Å². The topological polar surface area (TPSA) is 76.3 Å². The summed E-state index contributed by atoms with van der Waals surface area (Å²) < 4.78 is 32.1. The first-order valence-corrected chi connectivity index (χ1v) is 10.2. The summed E-state index contributed by atoms with van der Waals surface area (Å²) in [6, 6.07) is 12.3. The van der Waals surface area contributed by atoms with Gasteiger partial charge in [0, 0.05) is 30.6 Å². The maximum absolute atomic E-state index is 12.8. The van der Waals surface area contributed by atoms with Crippen LogP contribution in [0.2, 0.25) is 5.02 Å². The van der Waals surface area contributed by atoms with Gasteiger partial charge in [0.1, 0.15) is 0 Å². The lowest BCUT2D eigenvalue weighted by atomic mass is 10.2. The van der Waals surface area contributed by atoms with Crippen molar-refractivity contribution in [1.29, 1.82) is 0 Å². The molecule has 8 heteroatoms. The van der Waals surface area contributed by atoms with Gasteiger partial charge in [0.05, 0.1) is 4.90 Å². The highest BCUT2D eigenvalue weighted by atomic mass is 35.5. The molecule has 142 valence electrons. The van der Waals surface area contributed by atoms with Crippen LogP contribution in [0.15, 0.2) is 51.9 Å². The van der Waals surface area contributed by atoms with Crippen LogP contribution in [0.4, 0.5) is 0 Å². The Morgan fingerprint density at radius 1 is 1.07 bits per heavy atom. The summed E-state index contributed by atoms with van der Waals surface area (Å²) >= 11 is 5.87. The number of hydrogen-bond acceptors (Lipinski definition) is 5. The predicted octanol–water partition coefficient (Wildman–Crippen LogP) is 3.87. The fourth-order valence-corrected chi connectivity index (χ4v) is 4.19. The second-order valence-corrected chi connectivity index (χ2v) is 8.90. The van der Waals surface area contributed by atoms with Gasteiger partial charge in [-0.15, -0.1) is 0 Å². The minimum Gasteiger partial charge on any atom is -0.334 e. The molecule has 0 aliphatic rings. The molecule has 6 nitrogen and oxygen atoms in total. The average Bonchev–Trinajstić information content (AvgIpc) is 3.08. The molecule has 0 saturated carbocycles. The number of aryl methyl sites for hydroxylation is 2. The maximum atomic E-state index is 12.8. The van der Waals surface area contributed by atoms with Gasteiger partial charge in [0.25, 0.3) is 5.89 Å². The number of likely N-dealkylation sites (N-methyl/N-ethyl adjacent to an activating group) is 1. The van der Waals surface area contributed by atoms with Gasteiger partial charge in [-0.1, -0.05) is 22.8 Å². The Labute approximate surface area is 163 Å². The van der Waals surface area contributed by atoms with Crippen LogP contribution < -0.4 is 0 Å². The third-order valence-corrected chi connectivity index (χ3v) is 6.20. The zero-order valence-electron chi connectivity index (χ0n) is 15.3. The van der Waals surface area contributed by atoms with Crippen molar-refractivity contribution in [2.45, 2.75) is 25.2 Å². The van der Waals surface area contributed by atoms with Crippen molar-refractivity contribution < 1.29 is 12.9 Å². The molecule has 0 saturated heterocycles. The van der Waals surface area contributed by atoms with Gasteiger partial charge in [-0.2, -0.15) is 4.98 Å². The van der Waals surface area contributed by atoms with Crippen LogP contribution in [0, 0.1) is 13.8 Å². The number of nitrogens with zero attached hydrogens (tertiary/aromatic N) is 3. The summed E-state index contributed by atoms with van der Waals surface area (Å²) in [7, 11) is -2.02. The van der Waals surface area contributed by atoms with Crippen LogP contribution in [-0.4, -0.2) is 36.5 Å². The molecule has 0 spiro atoms. The summed E-state index contributed by atoms with van der Waals surface area (Å²) in [6.07, 6.45) is 0.345. The summed E-state index contributed by atoms with van der Waals surface area (Å²) in [6.45, 7) is 4.00. The Balaban J connectivity index is 1.70. The van der Waals surface area contributed by atoms with E-state index in [9.17, 15) is 8.42 Å². The number of rotatable bonds is 6. The Bertz CT molecular complexity index is 1030. The highest BCUT2D eigenvalue weighted by Crippen LogP contribution is 2.21. The van der Waals surface area contributed by atoms with E-state index < -0.39 is 10.0 Å². The monoisotopic (exact) mass is 405 g/mol. The number of aromatic nitrogens is 2. The minimum atomic E-state index is -3.57. The molecule has 3 aromatic rings. The van der Waals surface area contributed by atoms with Gasteiger partial charge in [-0.3, -0.25) is 0 Å². The van der Waals surface area contributed by atoms with Crippen LogP contribution in [0.1, 0.15) is 17.0 Å². The van der Waals surface area contributed by atoms with Gasteiger partial charge < -0.3 is 4.52 Å². The number of hydrogen-bond donors (Lipinski definition) is 0. The summed E-state index contributed by atoms with van der Waals surface area (Å²) in [5, 5.41) is 4.55. The molecule has 1 heterocycles. The first-order chi connectivity index (χ1) is 12.8. The summed E-state index contributed by atoms with van der Waals surface area (Å²) in [5.41, 5.74) is 2.58. The lowest BCUT2D eigenvalue weighted by molar-refractivity contribution is 0.415. The number of benzene rings is 2. The lowest BCUT2D eigenvalue weighted by Crippen LogP contribution is -2.29. The van der Waals surface area contributed by atoms with Crippen LogP contribution in [0.25, 0.3) is 11.5 Å². The summed E-state index contributed by atoms with van der Waals surface area (Å²) in [5.74, 6) is 0.823. The van der Waals surface area contributed by atoms with Crippen LogP contribution in [0.5, 0.6) is 0 Å². The van der Waals surface area contributed by atoms with Crippen molar-refractivity contribution in [3.05, 3.63) is 64.4 Å². The number of sulfonamides is 1. The number of halogens is 1. The zero-order valence-corrected chi connectivity index (χ0v) is 16.9. The van der Waals surface area contributed by atoms with E-state index in [4.69, 9.17) is 16.1 Å². The van der Waals surface area contributed by atoms with E-state index in [-0.39, 0.29) is 11.4 Å². The molecule has 3 rings (SSSR count). The molecule has 27 heavy (non-hydrogen) atoms. The van der Waals surface area contributed by atoms with Crippen molar-refractivity contribution >= 4 is 21.6 Å². The van der Waals surface area contributed by atoms with Gasteiger partial charge in [0.2, 0.25) is 10.0 Å². The smallest absolute Gasteiger partial charge is 0.257 e. The predicted molar refractivity (Wildman–Crippen MR) is 104 cm³/mol. The standard InChI is InChI=1S/C19H20ClN3O3S/c1-13-10-14(2)12-17(11-13)27(24,25)23(3)9-8-18-21-19(26-22-18)15-4-6-16(20)7-5-15/h4-7,10-12H,8-9H2,1-3H3. The molecular weight excluding hydrogens is 386 g/mol. The van der Waals surface area contributed by atoms with Crippen molar-refractivity contribution in [3.8, 4) is 11.5 Å². The van der Waals surface area contributed by atoms with E-state index in [1.54, 1.807) is 43.4 Å². The zero-order chi connectivity index (χ0) is 19.6. The molecule has 0 N–H and O–H groups in total. The summed E-state index contributed by atoms with van der Waals surface area (Å²) in [4.78, 5) is 4.61. The van der Waals surface area contributed by atoms with E-state index in [2.05, 4.69) is 10.1 Å². The molecule has 1 aromatic heterocycles. The Hall–Kier alpha value is -2.22. The minimum absolute atomic E-state index is 0.245. The van der Waals surface area contributed by atoms with Gasteiger partial charge in [-0.05, 0) is 61.4 Å². The van der Waals surface area contributed by atoms with E-state index in [0.717, 1.165) is 16.7 Å². The van der Waals surface area contributed by atoms with E-state index in [1.165, 1.54) is 4.31 Å². The molecule has 0 unspecified atom stereocenters. The Morgan fingerprint density at radius 2 is 1.70 bits per heavy atom. The van der Waals surface area contributed by atoms with Crippen LogP contribution in [0.3, 0.4) is 0 Å². The van der Waals surface area contributed by atoms with Crippen LogP contribution in [-0.2, 0) is 16.4 Å². The molecule has 0 radical (unpaired) electrons. The quantitative estimate of drug-likeness (QED) is 0.622. The van der Waals surface area contributed by atoms with E-state index >= 15 is 0 Å². The third kappa shape index (κ3) is 4.55. The fraction of sp³-hybridized carbons (Fsp3) is 0.263. The molecule has 0 amide bonds. The second kappa shape index (κ2) is 7.80. The average molecular weight is 406 g/mol. The maximum Gasteiger partial charge on any atom is 0.257 e. The van der Waals surface area contributed by atoms with Gasteiger partial charge in [0.15, 0.2) is 5.82 Å². The Kier molecular flexibility index (Phi) is 5.64. The van der Waals surface area contributed by atoms with Gasteiger partial charge >= 0.3 is 0 Å². The molecule has 0 atom stereocenters. The SMILES string of the molecule is Cc1cc(C)cc(S(=O)(=O)N(C)CCc2noc(-c3ccc(Cl)cc3)n2)c1. The fourth-order valence-electron chi connectivity index (χ4n) is 2.70. The Morgan fingerprint density at radius 3 is 2.33 bits per heavy atom. The van der Waals surface area contributed by atoms with Crippen molar-refractivity contribution in [1.82, 2.24) is 14.4 Å². The molecule has 0 bridgehead atoms. The second-order valence-electron chi connectivity index (χ2n) is 6.42. The molecule has 0 fully saturated rings. The first kappa shape index (κ1) is 19.5. The van der Waals surface area contributed by atoms with E-state index in [1.807, 2.05) is 19.9 Å². The highest BCUT2D eigenvalue weighted by molar-refractivity contribution is 7.89. The molecule has 0 aliphatic carbocycles.